The van der Waals surface area contributed by atoms with Crippen molar-refractivity contribution in [3.8, 4) is 17.0 Å². The lowest BCUT2D eigenvalue weighted by Crippen LogP contribution is -2.17. The summed E-state index contributed by atoms with van der Waals surface area (Å²) in [5.41, 5.74) is 11.5. The smallest absolute Gasteiger partial charge is 0.166 e. The molecule has 2 bridgehead atoms. The van der Waals surface area contributed by atoms with Gasteiger partial charge >= 0.3 is 0 Å². The van der Waals surface area contributed by atoms with E-state index in [0.717, 1.165) is 33.8 Å². The molecule has 0 spiro atoms. The molecule has 0 aliphatic carbocycles. The largest absolute Gasteiger partial charge is 0.482 e. The molecule has 4 rings (SSSR count). The predicted molar refractivity (Wildman–Crippen MR) is 119 cm³/mol. The third-order valence-corrected chi connectivity index (χ3v) is 5.45. The summed E-state index contributed by atoms with van der Waals surface area (Å²) in [6.45, 7) is 4.52. The third-order valence-electron chi connectivity index (χ3n) is 5.45. The van der Waals surface area contributed by atoms with Crippen molar-refractivity contribution in [3.63, 3.8) is 0 Å². The van der Waals surface area contributed by atoms with E-state index >= 15 is 0 Å². The van der Waals surface area contributed by atoms with Crippen LogP contribution in [0.2, 0.25) is 0 Å². The first kappa shape index (κ1) is 20.6. The second-order valence-corrected chi connectivity index (χ2v) is 7.50. The minimum atomic E-state index is -0.492. The van der Waals surface area contributed by atoms with Gasteiger partial charge in [0.05, 0.1) is 12.0 Å². The lowest BCUT2D eigenvalue weighted by atomic mass is 9.95. The van der Waals surface area contributed by atoms with Gasteiger partial charge in [-0.1, -0.05) is 0 Å². The predicted octanol–water partition coefficient (Wildman–Crippen LogP) is 3.87. The number of hydrogen-bond donors (Lipinski definition) is 3. The topological polar surface area (TPSA) is 102 Å². The van der Waals surface area contributed by atoms with Gasteiger partial charge in [0.25, 0.3) is 0 Å². The number of allylic oxidation sites excluding steroid dienone is 1. The van der Waals surface area contributed by atoms with Gasteiger partial charge in [-0.15, -0.1) is 0 Å². The number of nitrogens with one attached hydrogen (secondary N) is 2. The molecule has 2 aromatic heterocycles. The highest BCUT2D eigenvalue weighted by molar-refractivity contribution is 5.90. The number of nitrogens with zero attached hydrogens (tertiary/aromatic N) is 3. The van der Waals surface area contributed by atoms with Crippen molar-refractivity contribution in [2.75, 3.05) is 12.3 Å². The molecular formula is C23H25FN6O. The lowest BCUT2D eigenvalue weighted by molar-refractivity contribution is 0.227. The van der Waals surface area contributed by atoms with Gasteiger partial charge in [-0.3, -0.25) is 0 Å². The van der Waals surface area contributed by atoms with Crippen molar-refractivity contribution in [3.05, 3.63) is 65.0 Å². The Morgan fingerprint density at radius 1 is 1.35 bits per heavy atom. The molecule has 4 N–H and O–H groups in total. The minimum absolute atomic E-state index is 0.247. The van der Waals surface area contributed by atoms with E-state index in [4.69, 9.17) is 15.9 Å². The van der Waals surface area contributed by atoms with Crippen LogP contribution in [-0.2, 0) is 13.5 Å². The SMILES string of the molecule is CCN/C1=C(\C=N)Cc2c(ncn2C)-c2ccc(F)cc2[C@@H](C)Oc2cc1cnc2N. The number of fused-ring (bicyclic) bond motifs is 5. The molecule has 1 aromatic carbocycles. The fourth-order valence-corrected chi connectivity index (χ4v) is 3.88. The van der Waals surface area contributed by atoms with Gasteiger partial charge in [-0.05, 0) is 43.7 Å². The Morgan fingerprint density at radius 2 is 2.16 bits per heavy atom. The molecule has 3 aromatic rings. The Bertz CT molecular complexity index is 1180. The van der Waals surface area contributed by atoms with Gasteiger partial charge in [-0.2, -0.15) is 0 Å². The summed E-state index contributed by atoms with van der Waals surface area (Å²) >= 11 is 0. The van der Waals surface area contributed by atoms with Gasteiger partial charge in [0, 0.05) is 60.5 Å². The zero-order valence-corrected chi connectivity index (χ0v) is 17.7. The molecular weight excluding hydrogens is 395 g/mol. The molecule has 0 amide bonds. The van der Waals surface area contributed by atoms with Crippen LogP contribution in [0.25, 0.3) is 17.0 Å². The van der Waals surface area contributed by atoms with E-state index in [-0.39, 0.29) is 11.6 Å². The maximum Gasteiger partial charge on any atom is 0.166 e. The molecule has 7 nitrogen and oxygen atoms in total. The molecule has 1 atom stereocenters. The number of pyridine rings is 1. The number of anilines is 1. The molecule has 1 aliphatic rings. The Kier molecular flexibility index (Phi) is 5.46. The molecule has 1 aliphatic heterocycles. The van der Waals surface area contributed by atoms with E-state index in [2.05, 4.69) is 15.3 Å². The fraction of sp³-hybridized carbons (Fsp3) is 0.261. The van der Waals surface area contributed by atoms with Crippen LogP contribution in [-0.4, -0.2) is 27.3 Å². The van der Waals surface area contributed by atoms with Crippen molar-refractivity contribution in [2.24, 2.45) is 7.05 Å². The number of nitrogens with two attached hydrogens (primary N) is 1. The number of benzene rings is 1. The molecule has 31 heavy (non-hydrogen) atoms. The maximum atomic E-state index is 14.2. The number of halogens is 1. The summed E-state index contributed by atoms with van der Waals surface area (Å²) in [5.74, 6) is 0.297. The zero-order valence-electron chi connectivity index (χ0n) is 17.7. The number of aryl methyl sites for hydroxylation is 1. The highest BCUT2D eigenvalue weighted by atomic mass is 19.1. The summed E-state index contributed by atoms with van der Waals surface area (Å²) in [6.07, 6.45) is 4.71. The molecule has 0 radical (unpaired) electrons. The first-order chi connectivity index (χ1) is 14.9. The lowest BCUT2D eigenvalue weighted by Gasteiger charge is -2.22. The van der Waals surface area contributed by atoms with Crippen molar-refractivity contribution < 1.29 is 9.13 Å². The van der Waals surface area contributed by atoms with Crippen LogP contribution in [0, 0.1) is 11.2 Å². The van der Waals surface area contributed by atoms with E-state index < -0.39 is 6.10 Å². The van der Waals surface area contributed by atoms with Gasteiger partial charge in [0.15, 0.2) is 11.6 Å². The normalized spacial score (nSPS) is 18.1. The maximum absolute atomic E-state index is 14.2. The number of hydrogen-bond acceptors (Lipinski definition) is 6. The Labute approximate surface area is 180 Å². The Morgan fingerprint density at radius 3 is 2.90 bits per heavy atom. The molecule has 3 heterocycles. The molecule has 0 saturated heterocycles. The van der Waals surface area contributed by atoms with Crippen molar-refractivity contribution >= 4 is 17.7 Å². The van der Waals surface area contributed by atoms with Gasteiger partial charge in [0.2, 0.25) is 0 Å². The minimum Gasteiger partial charge on any atom is -0.482 e. The first-order valence-electron chi connectivity index (χ1n) is 10.1. The van der Waals surface area contributed by atoms with Gasteiger partial charge in [0.1, 0.15) is 11.9 Å². The van der Waals surface area contributed by atoms with Gasteiger partial charge < -0.3 is 25.8 Å². The summed E-state index contributed by atoms with van der Waals surface area (Å²) in [5, 5.41) is 11.5. The van der Waals surface area contributed by atoms with E-state index in [1.807, 2.05) is 31.5 Å². The average Bonchev–Trinajstić information content (AvgIpc) is 3.11. The van der Waals surface area contributed by atoms with Crippen LogP contribution in [0.1, 0.15) is 36.8 Å². The van der Waals surface area contributed by atoms with Crippen LogP contribution < -0.4 is 15.8 Å². The molecule has 0 saturated carbocycles. The summed E-state index contributed by atoms with van der Waals surface area (Å²) in [6, 6.07) is 6.42. The Balaban J connectivity index is 2.04. The summed E-state index contributed by atoms with van der Waals surface area (Å²) in [7, 11) is 1.91. The number of nitrogen functional groups attached to an aromatic ring is 1. The molecule has 8 heteroatoms. The van der Waals surface area contributed by atoms with Crippen LogP contribution >= 0.6 is 0 Å². The fourth-order valence-electron chi connectivity index (χ4n) is 3.88. The highest BCUT2D eigenvalue weighted by Crippen LogP contribution is 2.36. The molecule has 0 fully saturated rings. The standard InChI is InChI=1S/C23H25FN6O/c1-4-27-21-14(10-25)7-19-22(29-12-30(19)3)17-6-5-16(24)9-18(17)13(2)31-20-8-15(21)11-28-23(20)26/h5-6,8-13,25,27H,4,7H2,1-3H3,(H2,26,28)/b21-14-,25-10?/t13-/m1/s1. The number of imidazole rings is 1. The highest BCUT2D eigenvalue weighted by Gasteiger charge is 2.23. The van der Waals surface area contributed by atoms with Crippen LogP contribution in [0.15, 0.2) is 42.4 Å². The second-order valence-electron chi connectivity index (χ2n) is 7.50. The molecule has 160 valence electrons. The second kappa shape index (κ2) is 8.22. The summed E-state index contributed by atoms with van der Waals surface area (Å²) in [4.78, 5) is 8.91. The van der Waals surface area contributed by atoms with Crippen LogP contribution in [0.5, 0.6) is 5.75 Å². The van der Waals surface area contributed by atoms with Crippen LogP contribution in [0.4, 0.5) is 10.2 Å². The van der Waals surface area contributed by atoms with E-state index in [1.54, 1.807) is 18.6 Å². The number of aromatic nitrogens is 3. The Hall–Kier alpha value is -3.68. The zero-order chi connectivity index (χ0) is 22.1. The quantitative estimate of drug-likeness (QED) is 0.558. The van der Waals surface area contributed by atoms with E-state index in [0.29, 0.717) is 24.3 Å². The molecule has 0 unspecified atom stereocenters. The van der Waals surface area contributed by atoms with Crippen molar-refractivity contribution in [1.29, 1.82) is 5.41 Å². The van der Waals surface area contributed by atoms with E-state index in [1.165, 1.54) is 18.3 Å². The first-order valence-corrected chi connectivity index (χ1v) is 10.1. The summed E-state index contributed by atoms with van der Waals surface area (Å²) < 4.78 is 22.3. The third kappa shape index (κ3) is 3.76. The van der Waals surface area contributed by atoms with E-state index in [9.17, 15) is 4.39 Å². The number of rotatable bonds is 3. The van der Waals surface area contributed by atoms with Gasteiger partial charge in [-0.25, -0.2) is 14.4 Å². The monoisotopic (exact) mass is 420 g/mol. The van der Waals surface area contributed by atoms with Crippen molar-refractivity contribution in [2.45, 2.75) is 26.4 Å². The van der Waals surface area contributed by atoms with Crippen molar-refractivity contribution in [1.82, 2.24) is 19.9 Å². The number of ether oxygens (including phenoxy) is 1. The average molecular weight is 420 g/mol. The van der Waals surface area contributed by atoms with Crippen LogP contribution in [0.3, 0.4) is 0 Å².